The molecule has 3 atom stereocenters. The van der Waals surface area contributed by atoms with Crippen molar-refractivity contribution in [1.29, 1.82) is 0 Å². The molecule has 16 heavy (non-hydrogen) atoms. The van der Waals surface area contributed by atoms with Crippen LogP contribution >= 0.6 is 0 Å². The molecule has 1 heterocycles. The minimum Gasteiger partial charge on any atom is -0.376 e. The quantitative estimate of drug-likeness (QED) is 0.724. The van der Waals surface area contributed by atoms with Gasteiger partial charge in [0.2, 0.25) is 5.91 Å². The summed E-state index contributed by atoms with van der Waals surface area (Å²) in [6.45, 7) is 5.39. The molecule has 0 aromatic rings. The number of carbonyl (C=O) groups excluding carboxylic acids is 1. The van der Waals surface area contributed by atoms with Gasteiger partial charge in [-0.15, -0.1) is 0 Å². The lowest BCUT2D eigenvalue weighted by Gasteiger charge is -2.23. The summed E-state index contributed by atoms with van der Waals surface area (Å²) in [6, 6.07) is 0.248. The van der Waals surface area contributed by atoms with Crippen LogP contribution in [0.1, 0.15) is 33.1 Å². The van der Waals surface area contributed by atoms with Gasteiger partial charge in [-0.2, -0.15) is 0 Å². The first-order valence-electron chi connectivity index (χ1n) is 6.37. The third-order valence-corrected chi connectivity index (χ3v) is 3.43. The smallest absolute Gasteiger partial charge is 0.236 e. The first-order valence-corrected chi connectivity index (χ1v) is 6.37. The number of nitrogens with one attached hydrogen (secondary N) is 2. The Morgan fingerprint density at radius 2 is 2.19 bits per heavy atom. The van der Waals surface area contributed by atoms with Gasteiger partial charge >= 0.3 is 0 Å². The van der Waals surface area contributed by atoms with Gasteiger partial charge in [-0.05, 0) is 39.0 Å². The molecule has 0 radical (unpaired) electrons. The van der Waals surface area contributed by atoms with E-state index in [1.165, 1.54) is 12.8 Å². The van der Waals surface area contributed by atoms with Crippen molar-refractivity contribution in [3.05, 3.63) is 0 Å². The molecule has 92 valence electrons. The van der Waals surface area contributed by atoms with Crippen LogP contribution in [0.25, 0.3) is 0 Å². The zero-order chi connectivity index (χ0) is 11.5. The van der Waals surface area contributed by atoms with Gasteiger partial charge in [-0.25, -0.2) is 0 Å². The van der Waals surface area contributed by atoms with Crippen molar-refractivity contribution >= 4 is 5.91 Å². The van der Waals surface area contributed by atoms with Gasteiger partial charge in [0, 0.05) is 19.2 Å². The van der Waals surface area contributed by atoms with E-state index in [4.69, 9.17) is 4.74 Å². The predicted molar refractivity (Wildman–Crippen MR) is 62.2 cm³/mol. The van der Waals surface area contributed by atoms with Crippen LogP contribution in [0, 0.1) is 5.92 Å². The molecule has 0 bridgehead atoms. The molecular weight excluding hydrogens is 204 g/mol. The van der Waals surface area contributed by atoms with E-state index in [1.807, 2.05) is 13.8 Å². The Bertz CT molecular complexity index is 253. The Kier molecular flexibility index (Phi) is 3.82. The molecule has 4 heteroatoms. The van der Waals surface area contributed by atoms with Gasteiger partial charge in [0.1, 0.15) is 0 Å². The van der Waals surface area contributed by atoms with Crippen molar-refractivity contribution in [2.45, 2.75) is 51.3 Å². The van der Waals surface area contributed by atoms with Crippen molar-refractivity contribution in [1.82, 2.24) is 10.6 Å². The second kappa shape index (κ2) is 5.15. The maximum atomic E-state index is 11.6. The number of likely N-dealkylation sites (N-methyl/N-ethyl adjacent to an activating group) is 1. The molecule has 1 saturated heterocycles. The van der Waals surface area contributed by atoms with E-state index in [-0.39, 0.29) is 11.9 Å². The number of rotatable bonds is 5. The molecule has 4 nitrogen and oxygen atoms in total. The van der Waals surface area contributed by atoms with E-state index in [0.717, 1.165) is 18.9 Å². The number of amides is 1. The average Bonchev–Trinajstić information content (AvgIpc) is 3.00. The van der Waals surface area contributed by atoms with E-state index in [1.54, 1.807) is 0 Å². The van der Waals surface area contributed by atoms with E-state index in [2.05, 4.69) is 10.6 Å². The van der Waals surface area contributed by atoms with Crippen molar-refractivity contribution < 1.29 is 9.53 Å². The van der Waals surface area contributed by atoms with Gasteiger partial charge < -0.3 is 15.4 Å². The Labute approximate surface area is 97.1 Å². The van der Waals surface area contributed by atoms with Gasteiger partial charge in [0.15, 0.2) is 0 Å². The number of carbonyl (C=O) groups is 1. The summed E-state index contributed by atoms with van der Waals surface area (Å²) in [5.41, 5.74) is 0. The van der Waals surface area contributed by atoms with E-state index < -0.39 is 0 Å². The largest absolute Gasteiger partial charge is 0.376 e. The van der Waals surface area contributed by atoms with Crippen LogP contribution in [0.3, 0.4) is 0 Å². The first-order chi connectivity index (χ1) is 7.72. The molecule has 1 saturated carbocycles. The number of ether oxygens (including phenoxy) is 1. The van der Waals surface area contributed by atoms with Crippen LogP contribution in [0.5, 0.6) is 0 Å². The van der Waals surface area contributed by atoms with E-state index >= 15 is 0 Å². The van der Waals surface area contributed by atoms with Crippen LogP contribution in [0.4, 0.5) is 0 Å². The average molecular weight is 226 g/mol. The molecule has 0 aromatic heterocycles. The second-order valence-corrected chi connectivity index (χ2v) is 4.85. The SMILES string of the molecule is CCNC(=O)C(C)NC1CCOC1C1CC1. The molecule has 0 spiro atoms. The summed E-state index contributed by atoms with van der Waals surface area (Å²) in [4.78, 5) is 11.6. The van der Waals surface area contributed by atoms with Crippen LogP contribution in [-0.4, -0.2) is 37.2 Å². The van der Waals surface area contributed by atoms with Crippen molar-refractivity contribution in [2.75, 3.05) is 13.2 Å². The molecular formula is C12H22N2O2. The standard InChI is InChI=1S/C12H22N2O2/c1-3-13-12(15)8(2)14-10-6-7-16-11(10)9-4-5-9/h8-11,14H,3-7H2,1-2H3,(H,13,15). The highest BCUT2D eigenvalue weighted by atomic mass is 16.5. The molecule has 1 amide bonds. The highest BCUT2D eigenvalue weighted by Gasteiger charge is 2.41. The number of hydrogen-bond donors (Lipinski definition) is 2. The first kappa shape index (κ1) is 11.9. The minimum atomic E-state index is -0.118. The fourth-order valence-electron chi connectivity index (χ4n) is 2.40. The predicted octanol–water partition coefficient (Wildman–Crippen LogP) is 0.668. The molecule has 2 rings (SSSR count). The normalized spacial score (nSPS) is 31.4. The second-order valence-electron chi connectivity index (χ2n) is 4.85. The van der Waals surface area contributed by atoms with E-state index in [0.29, 0.717) is 18.7 Å². The van der Waals surface area contributed by atoms with Gasteiger partial charge in [-0.1, -0.05) is 0 Å². The van der Waals surface area contributed by atoms with E-state index in [9.17, 15) is 4.79 Å². The maximum absolute atomic E-state index is 11.6. The zero-order valence-electron chi connectivity index (χ0n) is 10.2. The molecule has 2 N–H and O–H groups in total. The van der Waals surface area contributed by atoms with Gasteiger partial charge in [0.25, 0.3) is 0 Å². The van der Waals surface area contributed by atoms with Crippen LogP contribution < -0.4 is 10.6 Å². The monoisotopic (exact) mass is 226 g/mol. The fraction of sp³-hybridized carbons (Fsp3) is 0.917. The van der Waals surface area contributed by atoms with Crippen LogP contribution in [-0.2, 0) is 9.53 Å². The Morgan fingerprint density at radius 3 is 2.81 bits per heavy atom. The minimum absolute atomic E-state index is 0.0870. The van der Waals surface area contributed by atoms with Gasteiger partial charge in [0.05, 0.1) is 12.1 Å². The summed E-state index contributed by atoms with van der Waals surface area (Å²) < 4.78 is 5.74. The lowest BCUT2D eigenvalue weighted by Crippen LogP contribution is -2.49. The highest BCUT2D eigenvalue weighted by Crippen LogP contribution is 2.38. The molecule has 3 unspecified atom stereocenters. The van der Waals surface area contributed by atoms with Crippen molar-refractivity contribution in [2.24, 2.45) is 5.92 Å². The topological polar surface area (TPSA) is 50.4 Å². The number of hydrogen-bond acceptors (Lipinski definition) is 3. The fourth-order valence-corrected chi connectivity index (χ4v) is 2.40. The summed E-state index contributed by atoms with van der Waals surface area (Å²) in [5.74, 6) is 0.824. The summed E-state index contributed by atoms with van der Waals surface area (Å²) in [7, 11) is 0. The summed E-state index contributed by atoms with van der Waals surface area (Å²) >= 11 is 0. The third-order valence-electron chi connectivity index (χ3n) is 3.43. The lowest BCUT2D eigenvalue weighted by atomic mass is 10.1. The Morgan fingerprint density at radius 1 is 1.44 bits per heavy atom. The molecule has 0 aromatic carbocycles. The molecule has 2 aliphatic rings. The maximum Gasteiger partial charge on any atom is 0.236 e. The highest BCUT2D eigenvalue weighted by molar-refractivity contribution is 5.81. The molecule has 1 aliphatic carbocycles. The zero-order valence-corrected chi connectivity index (χ0v) is 10.2. The summed E-state index contributed by atoms with van der Waals surface area (Å²) in [5, 5.41) is 6.23. The third kappa shape index (κ3) is 2.74. The lowest BCUT2D eigenvalue weighted by molar-refractivity contribution is -0.122. The van der Waals surface area contributed by atoms with Crippen LogP contribution in [0.15, 0.2) is 0 Å². The Hall–Kier alpha value is -0.610. The molecule has 2 fully saturated rings. The van der Waals surface area contributed by atoms with Gasteiger partial charge in [-0.3, -0.25) is 4.79 Å². The molecule has 1 aliphatic heterocycles. The summed E-state index contributed by atoms with van der Waals surface area (Å²) in [6.07, 6.45) is 3.96. The van der Waals surface area contributed by atoms with Crippen LogP contribution in [0.2, 0.25) is 0 Å². The van der Waals surface area contributed by atoms with Crippen molar-refractivity contribution in [3.8, 4) is 0 Å². The van der Waals surface area contributed by atoms with Crippen molar-refractivity contribution in [3.63, 3.8) is 0 Å². The Balaban J connectivity index is 1.81.